The lowest BCUT2D eigenvalue weighted by Crippen LogP contribution is -2.09. The smallest absolute Gasteiger partial charge is 0.248 e. The largest absolute Gasteiger partial charge is 0.497 e. The van der Waals surface area contributed by atoms with Crippen LogP contribution in [0.15, 0.2) is 59.2 Å². The lowest BCUT2D eigenvalue weighted by molar-refractivity contribution is -0.111. The summed E-state index contributed by atoms with van der Waals surface area (Å²) in [7, 11) is 4.88. The van der Waals surface area contributed by atoms with Crippen molar-refractivity contribution in [3.05, 3.63) is 77.1 Å². The molecule has 0 fully saturated rings. The quantitative estimate of drug-likeness (QED) is 0.283. The van der Waals surface area contributed by atoms with E-state index in [0.29, 0.717) is 22.8 Å². The van der Waals surface area contributed by atoms with Crippen molar-refractivity contribution < 1.29 is 23.4 Å². The lowest BCUT2D eigenvalue weighted by atomic mass is 9.96. The molecule has 0 radical (unpaired) electrons. The number of benzene rings is 3. The topological polar surface area (TPSA) is 69.9 Å². The van der Waals surface area contributed by atoms with Gasteiger partial charge in [0, 0.05) is 39.4 Å². The first-order chi connectivity index (χ1) is 17.3. The maximum absolute atomic E-state index is 12.9. The number of nitrogens with one attached hydrogen (secondary N) is 1. The SMILES string of the molecule is COc1ccc(OC)c(-c2coc3c(C)c(OC)c(/C(C)=C/C(=O)Nc4ccc(C)c(C)c4)cc23)c1. The van der Waals surface area contributed by atoms with E-state index in [-0.39, 0.29) is 5.91 Å². The number of anilines is 1. The first-order valence-electron chi connectivity index (χ1n) is 11.7. The average molecular weight is 486 g/mol. The van der Waals surface area contributed by atoms with Crippen LogP contribution in [0.4, 0.5) is 5.69 Å². The summed E-state index contributed by atoms with van der Waals surface area (Å²) in [5, 5.41) is 3.84. The van der Waals surface area contributed by atoms with Gasteiger partial charge in [0.1, 0.15) is 22.8 Å². The molecule has 6 nitrogen and oxygen atoms in total. The van der Waals surface area contributed by atoms with E-state index < -0.39 is 0 Å². The average Bonchev–Trinajstić information content (AvgIpc) is 3.29. The third-order valence-corrected chi connectivity index (χ3v) is 6.49. The third-order valence-electron chi connectivity index (χ3n) is 6.49. The summed E-state index contributed by atoms with van der Waals surface area (Å²) in [5.74, 6) is 1.87. The van der Waals surface area contributed by atoms with Crippen LogP contribution in [0.1, 0.15) is 29.2 Å². The molecular weight excluding hydrogens is 454 g/mol. The summed E-state index contributed by atoms with van der Waals surface area (Å²) in [6, 6.07) is 13.5. The second-order valence-electron chi connectivity index (χ2n) is 8.79. The number of furan rings is 1. The number of allylic oxidation sites excluding steroid dienone is 1. The lowest BCUT2D eigenvalue weighted by Gasteiger charge is -2.14. The van der Waals surface area contributed by atoms with Gasteiger partial charge in [-0.3, -0.25) is 4.79 Å². The number of carbonyl (C=O) groups is 1. The van der Waals surface area contributed by atoms with Gasteiger partial charge in [-0.25, -0.2) is 0 Å². The minimum absolute atomic E-state index is 0.211. The maximum Gasteiger partial charge on any atom is 0.248 e. The van der Waals surface area contributed by atoms with Crippen LogP contribution in [0.5, 0.6) is 17.2 Å². The summed E-state index contributed by atoms with van der Waals surface area (Å²) in [5.41, 5.74) is 7.90. The summed E-state index contributed by atoms with van der Waals surface area (Å²) in [6.07, 6.45) is 3.30. The van der Waals surface area contributed by atoms with Gasteiger partial charge in [0.2, 0.25) is 5.91 Å². The summed E-state index contributed by atoms with van der Waals surface area (Å²) < 4.78 is 22.8. The van der Waals surface area contributed by atoms with E-state index in [0.717, 1.165) is 44.5 Å². The Balaban J connectivity index is 1.80. The van der Waals surface area contributed by atoms with Crippen molar-refractivity contribution in [2.45, 2.75) is 27.7 Å². The highest BCUT2D eigenvalue weighted by molar-refractivity contribution is 6.06. The number of ether oxygens (including phenoxy) is 3. The number of amides is 1. The van der Waals surface area contributed by atoms with Gasteiger partial charge in [-0.05, 0) is 80.8 Å². The minimum Gasteiger partial charge on any atom is -0.497 e. The number of fused-ring (bicyclic) bond motifs is 1. The van der Waals surface area contributed by atoms with E-state index in [9.17, 15) is 4.79 Å². The highest BCUT2D eigenvalue weighted by atomic mass is 16.5. The predicted molar refractivity (Wildman–Crippen MR) is 144 cm³/mol. The minimum atomic E-state index is -0.211. The van der Waals surface area contributed by atoms with Crippen LogP contribution in [0.3, 0.4) is 0 Å². The third kappa shape index (κ3) is 4.67. The number of carbonyl (C=O) groups excluding carboxylic acids is 1. The van der Waals surface area contributed by atoms with Crippen LogP contribution < -0.4 is 19.5 Å². The standard InChI is InChI=1S/C30H31NO5/c1-17-8-9-21(12-18(17)2)31-28(32)13-19(3)23-15-25-26(16-36-30(25)20(4)29(23)35-7)24-14-22(33-5)10-11-27(24)34-6/h8-16H,1-7H3,(H,31,32)/b19-13+. The molecule has 186 valence electrons. The number of aryl methyl sites for hydroxylation is 3. The molecule has 4 rings (SSSR count). The van der Waals surface area contributed by atoms with Crippen LogP contribution >= 0.6 is 0 Å². The van der Waals surface area contributed by atoms with Crippen LogP contribution in [0.25, 0.3) is 27.7 Å². The number of hydrogen-bond donors (Lipinski definition) is 1. The molecule has 1 aromatic heterocycles. The molecule has 1 N–H and O–H groups in total. The molecule has 0 saturated carbocycles. The van der Waals surface area contributed by atoms with Gasteiger partial charge in [-0.2, -0.15) is 0 Å². The molecule has 0 unspecified atom stereocenters. The fourth-order valence-electron chi connectivity index (χ4n) is 4.38. The molecule has 1 heterocycles. The van der Waals surface area contributed by atoms with Crippen molar-refractivity contribution >= 4 is 28.1 Å². The zero-order valence-electron chi connectivity index (χ0n) is 21.7. The molecule has 36 heavy (non-hydrogen) atoms. The van der Waals surface area contributed by atoms with Gasteiger partial charge < -0.3 is 23.9 Å². The van der Waals surface area contributed by atoms with Crippen molar-refractivity contribution in [3.63, 3.8) is 0 Å². The monoisotopic (exact) mass is 485 g/mol. The Bertz CT molecular complexity index is 1480. The second kappa shape index (κ2) is 10.2. The Hall–Kier alpha value is -4.19. The van der Waals surface area contributed by atoms with E-state index in [1.165, 1.54) is 5.56 Å². The molecular formula is C30H31NO5. The predicted octanol–water partition coefficient (Wildman–Crippen LogP) is 7.09. The van der Waals surface area contributed by atoms with Crippen LogP contribution in [0.2, 0.25) is 0 Å². The first kappa shape index (κ1) is 24.9. The van der Waals surface area contributed by atoms with Crippen molar-refractivity contribution in [1.82, 2.24) is 0 Å². The fraction of sp³-hybridized carbons (Fsp3) is 0.233. The Labute approximate surface area is 211 Å². The molecule has 3 aromatic carbocycles. The molecule has 0 aliphatic heterocycles. The van der Waals surface area contributed by atoms with Gasteiger partial charge in [0.05, 0.1) is 27.6 Å². The van der Waals surface area contributed by atoms with E-state index in [2.05, 4.69) is 5.32 Å². The number of rotatable bonds is 7. The summed E-state index contributed by atoms with van der Waals surface area (Å²) >= 11 is 0. The molecule has 0 bridgehead atoms. The van der Waals surface area contributed by atoms with E-state index in [1.54, 1.807) is 33.7 Å². The van der Waals surface area contributed by atoms with Gasteiger partial charge in [0.15, 0.2) is 0 Å². The van der Waals surface area contributed by atoms with Crippen LogP contribution in [-0.4, -0.2) is 27.2 Å². The van der Waals surface area contributed by atoms with E-state index in [4.69, 9.17) is 18.6 Å². The maximum atomic E-state index is 12.9. The summed E-state index contributed by atoms with van der Waals surface area (Å²) in [6.45, 7) is 7.91. The molecule has 4 aromatic rings. The van der Waals surface area contributed by atoms with Gasteiger partial charge in [-0.15, -0.1) is 0 Å². The molecule has 6 heteroatoms. The number of hydrogen-bond acceptors (Lipinski definition) is 5. The Morgan fingerprint density at radius 2 is 1.67 bits per heavy atom. The highest BCUT2D eigenvalue weighted by Crippen LogP contribution is 2.43. The van der Waals surface area contributed by atoms with E-state index >= 15 is 0 Å². The zero-order valence-corrected chi connectivity index (χ0v) is 21.7. The van der Waals surface area contributed by atoms with Gasteiger partial charge >= 0.3 is 0 Å². The Morgan fingerprint density at radius 3 is 2.33 bits per heavy atom. The molecule has 1 amide bonds. The molecule has 0 atom stereocenters. The van der Waals surface area contributed by atoms with Crippen LogP contribution in [0, 0.1) is 20.8 Å². The normalized spacial score (nSPS) is 11.5. The molecule has 0 aliphatic rings. The van der Waals surface area contributed by atoms with Crippen molar-refractivity contribution in [3.8, 4) is 28.4 Å². The van der Waals surface area contributed by atoms with Gasteiger partial charge in [-0.1, -0.05) is 6.07 Å². The van der Waals surface area contributed by atoms with Crippen molar-refractivity contribution in [1.29, 1.82) is 0 Å². The molecule has 0 aliphatic carbocycles. The zero-order chi connectivity index (χ0) is 26.0. The fourth-order valence-corrected chi connectivity index (χ4v) is 4.38. The Kier molecular flexibility index (Phi) is 7.06. The van der Waals surface area contributed by atoms with Crippen molar-refractivity contribution in [2.24, 2.45) is 0 Å². The van der Waals surface area contributed by atoms with Crippen molar-refractivity contribution in [2.75, 3.05) is 26.6 Å². The Morgan fingerprint density at radius 1 is 0.889 bits per heavy atom. The molecule has 0 saturated heterocycles. The highest BCUT2D eigenvalue weighted by Gasteiger charge is 2.21. The van der Waals surface area contributed by atoms with Gasteiger partial charge in [0.25, 0.3) is 0 Å². The molecule has 0 spiro atoms. The van der Waals surface area contributed by atoms with Crippen LogP contribution in [-0.2, 0) is 4.79 Å². The second-order valence-corrected chi connectivity index (χ2v) is 8.79. The van der Waals surface area contributed by atoms with E-state index in [1.807, 2.05) is 70.2 Å². The summed E-state index contributed by atoms with van der Waals surface area (Å²) in [4.78, 5) is 12.9. The number of methoxy groups -OCH3 is 3. The first-order valence-corrected chi connectivity index (χ1v) is 11.7.